The van der Waals surface area contributed by atoms with E-state index in [2.05, 4.69) is 31.1 Å². The highest BCUT2D eigenvalue weighted by atomic mass is 16.5. The molecule has 3 heteroatoms. The Morgan fingerprint density at radius 1 is 1.20 bits per heavy atom. The van der Waals surface area contributed by atoms with Gasteiger partial charge in [0.25, 0.3) is 0 Å². The summed E-state index contributed by atoms with van der Waals surface area (Å²) in [7, 11) is 2.29. The minimum Gasteiger partial charge on any atom is -0.379 e. The van der Waals surface area contributed by atoms with Gasteiger partial charge in [-0.15, -0.1) is 0 Å². The van der Waals surface area contributed by atoms with Crippen molar-refractivity contribution in [1.82, 2.24) is 10.2 Å². The Bertz CT molecular complexity index is 270. The second kappa shape index (κ2) is 8.35. The van der Waals surface area contributed by atoms with E-state index in [-0.39, 0.29) is 0 Å². The van der Waals surface area contributed by atoms with Crippen LogP contribution < -0.4 is 5.32 Å². The molecule has 2 saturated carbocycles. The molecule has 2 aliphatic carbocycles. The predicted octanol–water partition coefficient (Wildman–Crippen LogP) is 2.76. The fraction of sp³-hybridized carbons (Fsp3) is 1.00. The number of ether oxygens (including phenoxy) is 1. The number of rotatable bonds is 10. The molecule has 2 fully saturated rings. The minimum absolute atomic E-state index is 0.364. The Morgan fingerprint density at radius 3 is 2.70 bits per heavy atom. The van der Waals surface area contributed by atoms with E-state index in [1.165, 1.54) is 38.8 Å². The van der Waals surface area contributed by atoms with Gasteiger partial charge in [0.1, 0.15) is 0 Å². The van der Waals surface area contributed by atoms with E-state index in [1.807, 2.05) is 0 Å². The summed E-state index contributed by atoms with van der Waals surface area (Å²) in [6, 6.07) is 0. The van der Waals surface area contributed by atoms with Crippen molar-refractivity contribution in [3.05, 3.63) is 0 Å². The first kappa shape index (κ1) is 16.3. The molecule has 3 nitrogen and oxygen atoms in total. The molecule has 0 aromatic rings. The van der Waals surface area contributed by atoms with Crippen LogP contribution in [0.25, 0.3) is 0 Å². The van der Waals surface area contributed by atoms with E-state index >= 15 is 0 Å². The van der Waals surface area contributed by atoms with Crippen LogP contribution in [0.4, 0.5) is 0 Å². The van der Waals surface area contributed by atoms with Crippen LogP contribution in [0, 0.1) is 17.8 Å². The summed E-state index contributed by atoms with van der Waals surface area (Å²) >= 11 is 0. The Labute approximate surface area is 125 Å². The van der Waals surface area contributed by atoms with Gasteiger partial charge >= 0.3 is 0 Å². The molecule has 2 aliphatic rings. The zero-order chi connectivity index (χ0) is 14.4. The van der Waals surface area contributed by atoms with Gasteiger partial charge in [-0.1, -0.05) is 6.42 Å². The van der Waals surface area contributed by atoms with Crippen molar-refractivity contribution in [2.45, 2.75) is 52.1 Å². The third-order valence-corrected chi connectivity index (χ3v) is 5.05. The molecule has 0 spiro atoms. The first-order chi connectivity index (χ1) is 9.65. The van der Waals surface area contributed by atoms with Gasteiger partial charge in [0, 0.05) is 26.2 Å². The smallest absolute Gasteiger partial charge is 0.0518 e. The summed E-state index contributed by atoms with van der Waals surface area (Å²) in [6.07, 6.45) is 7.56. The number of nitrogens with zero attached hydrogens (tertiary/aromatic N) is 1. The van der Waals surface area contributed by atoms with Crippen LogP contribution in [-0.4, -0.2) is 50.8 Å². The maximum atomic E-state index is 5.54. The molecule has 3 atom stereocenters. The highest BCUT2D eigenvalue weighted by molar-refractivity contribution is 4.90. The Balaban J connectivity index is 1.43. The molecule has 1 N–H and O–H groups in total. The molecular formula is C17H34N2O. The van der Waals surface area contributed by atoms with Gasteiger partial charge < -0.3 is 15.0 Å². The number of hydrogen-bond acceptors (Lipinski definition) is 3. The zero-order valence-corrected chi connectivity index (χ0v) is 13.7. The monoisotopic (exact) mass is 282 g/mol. The first-order valence-electron chi connectivity index (χ1n) is 8.66. The largest absolute Gasteiger partial charge is 0.379 e. The van der Waals surface area contributed by atoms with Gasteiger partial charge in [0.2, 0.25) is 0 Å². The fourth-order valence-corrected chi connectivity index (χ4v) is 4.00. The van der Waals surface area contributed by atoms with Crippen LogP contribution in [0.15, 0.2) is 0 Å². The summed E-state index contributed by atoms with van der Waals surface area (Å²) in [5.74, 6) is 3.14. The molecule has 0 amide bonds. The van der Waals surface area contributed by atoms with Crippen molar-refractivity contribution >= 4 is 0 Å². The van der Waals surface area contributed by atoms with Crippen LogP contribution in [0.1, 0.15) is 46.0 Å². The van der Waals surface area contributed by atoms with Crippen LogP contribution in [0.2, 0.25) is 0 Å². The lowest BCUT2D eigenvalue weighted by Gasteiger charge is -2.27. The number of fused-ring (bicyclic) bond motifs is 2. The SMILES string of the molecule is CC(C)OCCCNCCN(C)CC1CC2CCC1C2. The van der Waals surface area contributed by atoms with Crippen LogP contribution in [-0.2, 0) is 4.74 Å². The summed E-state index contributed by atoms with van der Waals surface area (Å²) < 4.78 is 5.54. The highest BCUT2D eigenvalue weighted by Crippen LogP contribution is 2.48. The van der Waals surface area contributed by atoms with E-state index in [0.29, 0.717) is 6.10 Å². The second-order valence-electron chi connectivity index (χ2n) is 7.22. The van der Waals surface area contributed by atoms with Gasteiger partial charge in [-0.3, -0.25) is 0 Å². The van der Waals surface area contributed by atoms with E-state index < -0.39 is 0 Å². The second-order valence-corrected chi connectivity index (χ2v) is 7.22. The topological polar surface area (TPSA) is 24.5 Å². The molecule has 2 rings (SSSR count). The van der Waals surface area contributed by atoms with Gasteiger partial charge in [-0.05, 0) is 70.9 Å². The normalized spacial score (nSPS) is 28.9. The maximum Gasteiger partial charge on any atom is 0.0518 e. The van der Waals surface area contributed by atoms with Crippen molar-refractivity contribution in [2.24, 2.45) is 17.8 Å². The Kier molecular flexibility index (Phi) is 6.79. The summed E-state index contributed by atoms with van der Waals surface area (Å²) in [5, 5.41) is 3.53. The van der Waals surface area contributed by atoms with Crippen molar-refractivity contribution in [2.75, 3.05) is 39.8 Å². The standard InChI is InChI=1S/C17H34N2O/c1-14(2)20-10-4-7-18-8-9-19(3)13-17-12-15-5-6-16(17)11-15/h14-18H,4-13H2,1-3H3. The number of nitrogens with one attached hydrogen (secondary N) is 1. The molecule has 0 aromatic heterocycles. The quantitative estimate of drug-likeness (QED) is 0.624. The van der Waals surface area contributed by atoms with E-state index in [9.17, 15) is 0 Å². The van der Waals surface area contributed by atoms with E-state index in [1.54, 1.807) is 0 Å². The molecule has 3 unspecified atom stereocenters. The Hall–Kier alpha value is -0.120. The van der Waals surface area contributed by atoms with Crippen LogP contribution in [0.3, 0.4) is 0 Å². The third kappa shape index (κ3) is 5.34. The highest BCUT2D eigenvalue weighted by Gasteiger charge is 2.39. The summed E-state index contributed by atoms with van der Waals surface area (Å²) in [4.78, 5) is 2.53. The van der Waals surface area contributed by atoms with E-state index in [4.69, 9.17) is 4.74 Å². The van der Waals surface area contributed by atoms with Gasteiger partial charge in [0.05, 0.1) is 6.10 Å². The average Bonchev–Trinajstić information content (AvgIpc) is 2.99. The maximum absolute atomic E-state index is 5.54. The van der Waals surface area contributed by atoms with Crippen molar-refractivity contribution in [1.29, 1.82) is 0 Å². The van der Waals surface area contributed by atoms with Gasteiger partial charge in [-0.2, -0.15) is 0 Å². The van der Waals surface area contributed by atoms with Crippen molar-refractivity contribution < 1.29 is 4.74 Å². The lowest BCUT2D eigenvalue weighted by molar-refractivity contribution is 0.0770. The molecule has 2 bridgehead atoms. The number of likely N-dealkylation sites (N-methyl/N-ethyl adjacent to an activating group) is 1. The molecule has 0 aromatic carbocycles. The van der Waals surface area contributed by atoms with E-state index in [0.717, 1.165) is 43.9 Å². The van der Waals surface area contributed by atoms with Gasteiger partial charge in [0.15, 0.2) is 0 Å². The van der Waals surface area contributed by atoms with Crippen LogP contribution in [0.5, 0.6) is 0 Å². The lowest BCUT2D eigenvalue weighted by atomic mass is 9.88. The first-order valence-corrected chi connectivity index (χ1v) is 8.66. The Morgan fingerprint density at radius 2 is 2.05 bits per heavy atom. The average molecular weight is 282 g/mol. The fourth-order valence-electron chi connectivity index (χ4n) is 4.00. The van der Waals surface area contributed by atoms with Crippen LogP contribution >= 0.6 is 0 Å². The predicted molar refractivity (Wildman–Crippen MR) is 85.0 cm³/mol. The molecule has 0 saturated heterocycles. The molecule has 118 valence electrons. The van der Waals surface area contributed by atoms with Gasteiger partial charge in [-0.25, -0.2) is 0 Å². The molecule has 20 heavy (non-hydrogen) atoms. The summed E-state index contributed by atoms with van der Waals surface area (Å²) in [6.45, 7) is 9.76. The van der Waals surface area contributed by atoms with Crippen molar-refractivity contribution in [3.63, 3.8) is 0 Å². The molecule has 0 aliphatic heterocycles. The third-order valence-electron chi connectivity index (χ3n) is 5.05. The lowest BCUT2D eigenvalue weighted by Crippen LogP contribution is -2.34. The minimum atomic E-state index is 0.364. The zero-order valence-electron chi connectivity index (χ0n) is 13.7. The summed E-state index contributed by atoms with van der Waals surface area (Å²) in [5.41, 5.74) is 0. The van der Waals surface area contributed by atoms with Crippen molar-refractivity contribution in [3.8, 4) is 0 Å². The number of hydrogen-bond donors (Lipinski definition) is 1. The molecule has 0 radical (unpaired) electrons. The molecule has 0 heterocycles. The molecular weight excluding hydrogens is 248 g/mol.